The molecule has 1 rings (SSSR count). The first kappa shape index (κ1) is 14.1. The summed E-state index contributed by atoms with van der Waals surface area (Å²) in [6.07, 6.45) is -3.22. The molecule has 0 saturated carbocycles. The minimum atomic E-state index is -4.42. The van der Waals surface area contributed by atoms with Crippen LogP contribution in [0.4, 0.5) is 18.9 Å². The molecule has 1 atom stereocenters. The van der Waals surface area contributed by atoms with Gasteiger partial charge in [0.2, 0.25) is 5.88 Å². The van der Waals surface area contributed by atoms with Crippen LogP contribution in [0.5, 0.6) is 5.88 Å². The van der Waals surface area contributed by atoms with Crippen molar-refractivity contribution in [3.8, 4) is 5.88 Å². The Kier molecular flexibility index (Phi) is 4.35. The van der Waals surface area contributed by atoms with E-state index in [9.17, 15) is 18.0 Å². The molecule has 1 heterocycles. The molecule has 8 heteroatoms. The van der Waals surface area contributed by atoms with E-state index in [0.29, 0.717) is 5.69 Å². The first-order chi connectivity index (χ1) is 8.28. The number of nitrogens with one attached hydrogen (secondary N) is 1. The van der Waals surface area contributed by atoms with Gasteiger partial charge in [-0.05, 0) is 13.0 Å². The van der Waals surface area contributed by atoms with E-state index in [1.807, 2.05) is 0 Å². The van der Waals surface area contributed by atoms with Gasteiger partial charge in [-0.15, -0.1) is 0 Å². The zero-order valence-corrected chi connectivity index (χ0v) is 9.36. The van der Waals surface area contributed by atoms with Gasteiger partial charge < -0.3 is 15.2 Å². The number of carboxylic acids is 1. The second kappa shape index (κ2) is 5.56. The van der Waals surface area contributed by atoms with E-state index >= 15 is 0 Å². The molecule has 1 unspecified atom stereocenters. The number of carbonyl (C=O) groups is 1. The molecule has 0 amide bonds. The zero-order chi connectivity index (χ0) is 13.8. The van der Waals surface area contributed by atoms with Crippen LogP contribution in [0.15, 0.2) is 18.3 Å². The molecule has 0 aromatic carbocycles. The number of hydrogen-bond acceptors (Lipinski definition) is 4. The van der Waals surface area contributed by atoms with Crippen molar-refractivity contribution in [2.75, 3.05) is 11.9 Å². The number of nitrogens with zero attached hydrogens (tertiary/aromatic N) is 1. The molecule has 100 valence electrons. The van der Waals surface area contributed by atoms with Crippen LogP contribution in [0.2, 0.25) is 0 Å². The fourth-order valence-electron chi connectivity index (χ4n) is 1.02. The molecule has 0 radical (unpaired) electrons. The number of alkyl halides is 3. The molecule has 5 nitrogen and oxygen atoms in total. The Balaban J connectivity index is 2.55. The van der Waals surface area contributed by atoms with E-state index in [1.54, 1.807) is 0 Å². The molecule has 0 bridgehead atoms. The highest BCUT2D eigenvalue weighted by atomic mass is 19.4. The average Bonchev–Trinajstić information content (AvgIpc) is 2.27. The minimum Gasteiger partial charge on any atom is -0.480 e. The van der Waals surface area contributed by atoms with Crippen LogP contribution >= 0.6 is 0 Å². The molecule has 1 aromatic rings. The summed E-state index contributed by atoms with van der Waals surface area (Å²) in [4.78, 5) is 14.2. The van der Waals surface area contributed by atoms with Crippen molar-refractivity contribution >= 4 is 11.7 Å². The molecule has 0 saturated heterocycles. The normalized spacial score (nSPS) is 12.9. The topological polar surface area (TPSA) is 71.5 Å². The monoisotopic (exact) mass is 264 g/mol. The van der Waals surface area contributed by atoms with Gasteiger partial charge in [0.15, 0.2) is 6.61 Å². The summed E-state index contributed by atoms with van der Waals surface area (Å²) in [5, 5.41) is 11.2. The third-order valence-corrected chi connectivity index (χ3v) is 1.87. The highest BCUT2D eigenvalue weighted by Crippen LogP contribution is 2.18. The van der Waals surface area contributed by atoms with Crippen molar-refractivity contribution < 1.29 is 27.8 Å². The molecule has 18 heavy (non-hydrogen) atoms. The molecule has 0 aliphatic rings. The van der Waals surface area contributed by atoms with Crippen LogP contribution in [-0.2, 0) is 4.79 Å². The van der Waals surface area contributed by atoms with E-state index in [-0.39, 0.29) is 5.88 Å². The number of aliphatic carboxylic acids is 1. The van der Waals surface area contributed by atoms with Gasteiger partial charge in [0, 0.05) is 6.07 Å². The van der Waals surface area contributed by atoms with E-state index in [4.69, 9.17) is 5.11 Å². The number of pyridine rings is 1. The quantitative estimate of drug-likeness (QED) is 0.850. The number of hydrogen-bond donors (Lipinski definition) is 2. The molecule has 1 aromatic heterocycles. The Morgan fingerprint density at radius 1 is 1.56 bits per heavy atom. The maximum absolute atomic E-state index is 11.9. The number of rotatable bonds is 5. The van der Waals surface area contributed by atoms with Crippen LogP contribution in [0, 0.1) is 0 Å². The molecule has 0 fully saturated rings. The Hall–Kier alpha value is -1.99. The summed E-state index contributed by atoms with van der Waals surface area (Å²) in [7, 11) is 0. The maximum Gasteiger partial charge on any atom is 0.422 e. The predicted molar refractivity (Wildman–Crippen MR) is 56.5 cm³/mol. The third kappa shape index (κ3) is 4.89. The Bertz CT molecular complexity index is 406. The highest BCUT2D eigenvalue weighted by Gasteiger charge is 2.28. The smallest absolute Gasteiger partial charge is 0.422 e. The molecule has 0 spiro atoms. The van der Waals surface area contributed by atoms with Crippen molar-refractivity contribution in [3.63, 3.8) is 0 Å². The first-order valence-corrected chi connectivity index (χ1v) is 4.93. The lowest BCUT2D eigenvalue weighted by Gasteiger charge is -2.11. The largest absolute Gasteiger partial charge is 0.480 e. The Morgan fingerprint density at radius 3 is 2.67 bits per heavy atom. The van der Waals surface area contributed by atoms with E-state index in [2.05, 4.69) is 15.0 Å². The van der Waals surface area contributed by atoms with Crippen molar-refractivity contribution in [1.29, 1.82) is 0 Å². The number of aromatic nitrogens is 1. The van der Waals surface area contributed by atoms with Crippen LogP contribution < -0.4 is 10.1 Å². The van der Waals surface area contributed by atoms with Gasteiger partial charge >= 0.3 is 12.1 Å². The third-order valence-electron chi connectivity index (χ3n) is 1.87. The molecular weight excluding hydrogens is 253 g/mol. The van der Waals surface area contributed by atoms with Gasteiger partial charge in [0.1, 0.15) is 6.04 Å². The van der Waals surface area contributed by atoms with E-state index in [1.165, 1.54) is 25.3 Å². The van der Waals surface area contributed by atoms with Crippen molar-refractivity contribution in [2.45, 2.75) is 19.1 Å². The molecule has 0 aliphatic heterocycles. The van der Waals surface area contributed by atoms with E-state index < -0.39 is 24.8 Å². The van der Waals surface area contributed by atoms with Gasteiger partial charge in [-0.2, -0.15) is 13.2 Å². The summed E-state index contributed by atoms with van der Waals surface area (Å²) in [6.45, 7) is 0.00863. The Morgan fingerprint density at radius 2 is 2.22 bits per heavy atom. The SMILES string of the molecule is CC(Nc1ccc(OCC(F)(F)F)nc1)C(=O)O. The van der Waals surface area contributed by atoms with Crippen molar-refractivity contribution in [3.05, 3.63) is 18.3 Å². The van der Waals surface area contributed by atoms with Gasteiger partial charge in [-0.3, -0.25) is 4.79 Å². The first-order valence-electron chi connectivity index (χ1n) is 4.93. The summed E-state index contributed by atoms with van der Waals surface area (Å²) in [6, 6.07) is 1.79. The number of carboxylic acid groups (broad SMARTS) is 1. The van der Waals surface area contributed by atoms with Crippen LogP contribution in [0.3, 0.4) is 0 Å². The number of anilines is 1. The summed E-state index contributed by atoms with van der Waals surface area (Å²) in [5.74, 6) is -1.23. The average molecular weight is 264 g/mol. The number of ether oxygens (including phenoxy) is 1. The van der Waals surface area contributed by atoms with Gasteiger partial charge in [-0.1, -0.05) is 0 Å². The fourth-order valence-corrected chi connectivity index (χ4v) is 1.02. The van der Waals surface area contributed by atoms with Gasteiger partial charge in [0.25, 0.3) is 0 Å². The molecular formula is C10H11F3N2O3. The zero-order valence-electron chi connectivity index (χ0n) is 9.36. The summed E-state index contributed by atoms with van der Waals surface area (Å²) >= 11 is 0. The lowest BCUT2D eigenvalue weighted by Crippen LogP contribution is -2.25. The van der Waals surface area contributed by atoms with Crippen LogP contribution in [-0.4, -0.2) is 34.9 Å². The maximum atomic E-state index is 11.9. The number of halogens is 3. The van der Waals surface area contributed by atoms with Crippen LogP contribution in [0.1, 0.15) is 6.92 Å². The highest BCUT2D eigenvalue weighted by molar-refractivity contribution is 5.76. The molecule has 0 aliphatic carbocycles. The van der Waals surface area contributed by atoms with E-state index in [0.717, 1.165) is 0 Å². The summed E-state index contributed by atoms with van der Waals surface area (Å²) < 4.78 is 40.0. The van der Waals surface area contributed by atoms with Crippen molar-refractivity contribution in [1.82, 2.24) is 4.98 Å². The second-order valence-electron chi connectivity index (χ2n) is 3.49. The lowest BCUT2D eigenvalue weighted by atomic mass is 10.3. The predicted octanol–water partition coefficient (Wildman–Crippen LogP) is 1.91. The Labute approximate surface area is 101 Å². The summed E-state index contributed by atoms with van der Waals surface area (Å²) in [5.41, 5.74) is 0.379. The standard InChI is InChI=1S/C10H11F3N2O3/c1-6(9(16)17)15-7-2-3-8(14-4-7)18-5-10(11,12)13/h2-4,6,15H,5H2,1H3,(H,16,17). The van der Waals surface area contributed by atoms with Gasteiger partial charge in [0.05, 0.1) is 11.9 Å². The fraction of sp³-hybridized carbons (Fsp3) is 0.400. The molecule has 2 N–H and O–H groups in total. The van der Waals surface area contributed by atoms with Gasteiger partial charge in [-0.25, -0.2) is 4.98 Å². The van der Waals surface area contributed by atoms with Crippen molar-refractivity contribution in [2.24, 2.45) is 0 Å². The van der Waals surface area contributed by atoms with Crippen LogP contribution in [0.25, 0.3) is 0 Å². The second-order valence-corrected chi connectivity index (χ2v) is 3.49. The lowest BCUT2D eigenvalue weighted by molar-refractivity contribution is -0.154. The minimum absolute atomic E-state index is 0.180.